The first kappa shape index (κ1) is 9.66. The molecule has 1 saturated carbocycles. The molecule has 1 aromatic rings. The number of hydrogen-bond acceptors (Lipinski definition) is 2. The topological polar surface area (TPSA) is 33.1 Å². The van der Waals surface area contributed by atoms with E-state index in [1.54, 1.807) is 0 Å². The van der Waals surface area contributed by atoms with E-state index in [-0.39, 0.29) is 0 Å². The van der Waals surface area contributed by atoms with Crippen molar-refractivity contribution in [1.82, 2.24) is 4.98 Å². The molecule has 2 nitrogen and oxygen atoms in total. The molecule has 1 aliphatic carbocycles. The highest BCUT2D eigenvalue weighted by molar-refractivity contribution is 5.22. The molecule has 1 N–H and O–H groups in total. The summed E-state index contributed by atoms with van der Waals surface area (Å²) in [4.78, 5) is 4.34. The second-order valence-corrected chi connectivity index (χ2v) is 4.52. The predicted octanol–water partition coefficient (Wildman–Crippen LogP) is 2.58. The largest absolute Gasteiger partial charge is 0.384 e. The Bertz CT molecular complexity index is 312. The van der Waals surface area contributed by atoms with E-state index >= 15 is 0 Å². The van der Waals surface area contributed by atoms with Crippen molar-refractivity contribution in [2.75, 3.05) is 0 Å². The molecule has 0 bridgehead atoms. The molecule has 76 valence electrons. The van der Waals surface area contributed by atoms with Crippen LogP contribution in [0.15, 0.2) is 18.3 Å². The maximum Gasteiger partial charge on any atom is 0.106 e. The van der Waals surface area contributed by atoms with Gasteiger partial charge in [0.2, 0.25) is 0 Å². The molecule has 0 unspecified atom stereocenters. The monoisotopic (exact) mass is 191 g/mol. The number of rotatable bonds is 2. The van der Waals surface area contributed by atoms with Crippen LogP contribution < -0.4 is 0 Å². The van der Waals surface area contributed by atoms with Gasteiger partial charge in [0.05, 0.1) is 5.69 Å². The molecule has 0 amide bonds. The smallest absolute Gasteiger partial charge is 0.106 e. The van der Waals surface area contributed by atoms with Gasteiger partial charge < -0.3 is 5.11 Å². The minimum absolute atomic E-state index is 0.507. The van der Waals surface area contributed by atoms with E-state index in [2.05, 4.69) is 24.9 Å². The molecule has 0 saturated heterocycles. The molecular formula is C12H17NO. The van der Waals surface area contributed by atoms with Crippen molar-refractivity contribution in [3.63, 3.8) is 0 Å². The Labute approximate surface area is 85.0 Å². The molecule has 0 atom stereocenters. The molecule has 2 heteroatoms. The fourth-order valence-corrected chi connectivity index (χ4v) is 1.79. The van der Waals surface area contributed by atoms with Crippen LogP contribution >= 0.6 is 0 Å². The standard InChI is InChI=1S/C12H17NO/c1-9(2)10-4-5-11(13-8-10)12(14)6-3-7-12/h4-5,8-9,14H,3,6-7H2,1-2H3. The molecule has 0 spiro atoms. The molecule has 2 rings (SSSR count). The Balaban J connectivity index is 2.21. The zero-order valence-corrected chi connectivity index (χ0v) is 8.83. The average Bonchev–Trinajstić information content (AvgIpc) is 2.14. The maximum absolute atomic E-state index is 10.0. The van der Waals surface area contributed by atoms with Crippen molar-refractivity contribution in [3.8, 4) is 0 Å². The van der Waals surface area contributed by atoms with E-state index in [9.17, 15) is 5.11 Å². The number of aromatic nitrogens is 1. The van der Waals surface area contributed by atoms with Crippen LogP contribution in [0.1, 0.15) is 50.3 Å². The lowest BCUT2D eigenvalue weighted by Crippen LogP contribution is -2.34. The van der Waals surface area contributed by atoms with Gasteiger partial charge >= 0.3 is 0 Å². The van der Waals surface area contributed by atoms with E-state index in [1.807, 2.05) is 12.3 Å². The minimum Gasteiger partial charge on any atom is -0.384 e. The van der Waals surface area contributed by atoms with Gasteiger partial charge in [0.1, 0.15) is 5.60 Å². The van der Waals surface area contributed by atoms with Gasteiger partial charge in [-0.25, -0.2) is 0 Å². The van der Waals surface area contributed by atoms with Gasteiger partial charge in [0, 0.05) is 6.20 Å². The second-order valence-electron chi connectivity index (χ2n) is 4.52. The van der Waals surface area contributed by atoms with Gasteiger partial charge in [-0.1, -0.05) is 19.9 Å². The minimum atomic E-state index is -0.616. The number of hydrogen-bond donors (Lipinski definition) is 1. The number of pyridine rings is 1. The molecule has 0 radical (unpaired) electrons. The molecule has 14 heavy (non-hydrogen) atoms. The SMILES string of the molecule is CC(C)c1ccc(C2(O)CCC2)nc1. The van der Waals surface area contributed by atoms with Gasteiger partial charge in [-0.2, -0.15) is 0 Å². The second kappa shape index (κ2) is 3.35. The van der Waals surface area contributed by atoms with Gasteiger partial charge in [0.15, 0.2) is 0 Å². The summed E-state index contributed by atoms with van der Waals surface area (Å²) in [5.41, 5.74) is 1.46. The highest BCUT2D eigenvalue weighted by Crippen LogP contribution is 2.39. The zero-order valence-electron chi connectivity index (χ0n) is 8.83. The van der Waals surface area contributed by atoms with Crippen LogP contribution in [0, 0.1) is 0 Å². The maximum atomic E-state index is 10.0. The summed E-state index contributed by atoms with van der Waals surface area (Å²) in [6, 6.07) is 4.04. The van der Waals surface area contributed by atoms with Gasteiger partial charge in [-0.05, 0) is 36.8 Å². The van der Waals surface area contributed by atoms with Crippen LogP contribution in [0.2, 0.25) is 0 Å². The Morgan fingerprint density at radius 1 is 1.36 bits per heavy atom. The number of aliphatic hydroxyl groups is 1. The highest BCUT2D eigenvalue weighted by atomic mass is 16.3. The third-order valence-electron chi connectivity index (χ3n) is 3.11. The first-order chi connectivity index (χ1) is 6.62. The summed E-state index contributed by atoms with van der Waals surface area (Å²) in [5, 5.41) is 10.0. The van der Waals surface area contributed by atoms with Crippen LogP contribution in [0.4, 0.5) is 0 Å². The average molecular weight is 191 g/mol. The summed E-state index contributed by atoms with van der Waals surface area (Å²) < 4.78 is 0. The van der Waals surface area contributed by atoms with Crippen molar-refractivity contribution < 1.29 is 5.11 Å². The third kappa shape index (κ3) is 1.55. The van der Waals surface area contributed by atoms with E-state index in [0.717, 1.165) is 25.0 Å². The van der Waals surface area contributed by atoms with Gasteiger partial charge in [0.25, 0.3) is 0 Å². The summed E-state index contributed by atoms with van der Waals surface area (Å²) in [7, 11) is 0. The van der Waals surface area contributed by atoms with Crippen molar-refractivity contribution in [1.29, 1.82) is 0 Å². The van der Waals surface area contributed by atoms with Crippen molar-refractivity contribution >= 4 is 0 Å². The van der Waals surface area contributed by atoms with Crippen LogP contribution in [0.5, 0.6) is 0 Å². The third-order valence-corrected chi connectivity index (χ3v) is 3.11. The first-order valence-corrected chi connectivity index (χ1v) is 5.31. The van der Waals surface area contributed by atoms with Crippen LogP contribution in [-0.2, 0) is 5.60 Å². The molecule has 1 fully saturated rings. The number of nitrogens with zero attached hydrogens (tertiary/aromatic N) is 1. The molecule has 1 aliphatic rings. The molecule has 1 aromatic heterocycles. The fourth-order valence-electron chi connectivity index (χ4n) is 1.79. The molecular weight excluding hydrogens is 174 g/mol. The Hall–Kier alpha value is -0.890. The lowest BCUT2D eigenvalue weighted by atomic mass is 9.77. The van der Waals surface area contributed by atoms with Crippen LogP contribution in [0.3, 0.4) is 0 Å². The summed E-state index contributed by atoms with van der Waals surface area (Å²) in [6.07, 6.45) is 4.72. The van der Waals surface area contributed by atoms with E-state index in [0.29, 0.717) is 5.92 Å². The Morgan fingerprint density at radius 3 is 2.43 bits per heavy atom. The van der Waals surface area contributed by atoms with Crippen molar-refractivity contribution in [2.45, 2.75) is 44.6 Å². The lowest BCUT2D eigenvalue weighted by molar-refractivity contribution is -0.0426. The van der Waals surface area contributed by atoms with Crippen molar-refractivity contribution in [3.05, 3.63) is 29.6 Å². The van der Waals surface area contributed by atoms with Crippen LogP contribution in [-0.4, -0.2) is 10.1 Å². The zero-order chi connectivity index (χ0) is 10.2. The lowest BCUT2D eigenvalue weighted by Gasteiger charge is -2.35. The Morgan fingerprint density at radius 2 is 2.07 bits per heavy atom. The highest BCUT2D eigenvalue weighted by Gasteiger charge is 2.37. The fraction of sp³-hybridized carbons (Fsp3) is 0.583. The van der Waals surface area contributed by atoms with E-state index < -0.39 is 5.60 Å². The molecule has 0 aliphatic heterocycles. The van der Waals surface area contributed by atoms with E-state index in [4.69, 9.17) is 0 Å². The van der Waals surface area contributed by atoms with Crippen LogP contribution in [0.25, 0.3) is 0 Å². The normalized spacial score (nSPS) is 19.4. The summed E-state index contributed by atoms with van der Waals surface area (Å²) in [5.74, 6) is 0.507. The van der Waals surface area contributed by atoms with Gasteiger partial charge in [-0.3, -0.25) is 4.98 Å². The Kier molecular flexibility index (Phi) is 2.31. The molecule has 0 aromatic carbocycles. The summed E-state index contributed by atoms with van der Waals surface area (Å²) >= 11 is 0. The van der Waals surface area contributed by atoms with Gasteiger partial charge in [-0.15, -0.1) is 0 Å². The predicted molar refractivity (Wildman–Crippen MR) is 56.1 cm³/mol. The quantitative estimate of drug-likeness (QED) is 0.779. The molecule has 1 heterocycles. The summed E-state index contributed by atoms with van der Waals surface area (Å²) in [6.45, 7) is 4.30. The van der Waals surface area contributed by atoms with E-state index in [1.165, 1.54) is 5.56 Å². The van der Waals surface area contributed by atoms with Crippen molar-refractivity contribution in [2.24, 2.45) is 0 Å². The first-order valence-electron chi connectivity index (χ1n) is 5.31.